The first-order valence-corrected chi connectivity index (χ1v) is 14.1. The molecule has 1 aliphatic rings. The summed E-state index contributed by atoms with van der Waals surface area (Å²) in [6, 6.07) is 17.9. The molecule has 11 heteroatoms. The molecule has 0 saturated heterocycles. The fourth-order valence-corrected chi connectivity index (χ4v) is 5.64. The molecule has 38 heavy (non-hydrogen) atoms. The topological polar surface area (TPSA) is 146 Å². The lowest BCUT2D eigenvalue weighted by Crippen LogP contribution is -2.33. The maximum Gasteiger partial charge on any atom is 0.239 e. The second kappa shape index (κ2) is 11.0. The molecule has 9 nitrogen and oxygen atoms in total. The first-order valence-electron chi connectivity index (χ1n) is 12.2. The molecular weight excluding hydrogens is 524 g/mol. The van der Waals surface area contributed by atoms with Gasteiger partial charge in [-0.15, -0.1) is 0 Å². The third-order valence-corrected chi connectivity index (χ3v) is 7.93. The van der Waals surface area contributed by atoms with Crippen LogP contribution in [-0.2, 0) is 10.0 Å². The maximum absolute atomic E-state index is 11.8. The van der Waals surface area contributed by atoms with Crippen molar-refractivity contribution in [2.24, 2.45) is 10.9 Å². The predicted octanol–water partition coefficient (Wildman–Crippen LogP) is 4.98. The number of nitrogens with zero attached hydrogens (tertiary/aromatic N) is 3. The van der Waals surface area contributed by atoms with Crippen molar-refractivity contribution < 1.29 is 13.2 Å². The number of benzene rings is 2. The van der Waals surface area contributed by atoms with Gasteiger partial charge in [0.25, 0.3) is 0 Å². The highest BCUT2D eigenvalue weighted by Gasteiger charge is 2.20. The summed E-state index contributed by atoms with van der Waals surface area (Å²) in [7, 11) is -3.94. The van der Waals surface area contributed by atoms with Gasteiger partial charge in [-0.3, -0.25) is 0 Å². The number of primary sulfonamides is 1. The lowest BCUT2D eigenvalue weighted by atomic mass is 9.92. The molecule has 5 rings (SSSR count). The summed E-state index contributed by atoms with van der Waals surface area (Å²) in [5, 5.41) is 8.78. The van der Waals surface area contributed by atoms with Crippen LogP contribution in [0, 0.1) is 0 Å². The van der Waals surface area contributed by atoms with E-state index in [0.717, 1.165) is 31.2 Å². The molecule has 2 heterocycles. The van der Waals surface area contributed by atoms with Crippen molar-refractivity contribution in [2.45, 2.75) is 42.7 Å². The number of ether oxygens (including phenoxy) is 1. The number of halogens is 1. The van der Waals surface area contributed by atoms with Crippen molar-refractivity contribution in [3.8, 4) is 34.0 Å². The third-order valence-electron chi connectivity index (χ3n) is 6.46. The van der Waals surface area contributed by atoms with Crippen LogP contribution in [-0.4, -0.2) is 35.5 Å². The Morgan fingerprint density at radius 1 is 0.895 bits per heavy atom. The zero-order chi connectivity index (χ0) is 26.7. The van der Waals surface area contributed by atoms with Crippen molar-refractivity contribution >= 4 is 27.6 Å². The van der Waals surface area contributed by atoms with Crippen LogP contribution in [0.5, 0.6) is 11.6 Å². The number of rotatable bonds is 7. The van der Waals surface area contributed by atoms with Crippen molar-refractivity contribution in [3.05, 3.63) is 78.1 Å². The Bertz CT molecular complexity index is 1540. The molecule has 1 saturated carbocycles. The summed E-state index contributed by atoms with van der Waals surface area (Å²) in [4.78, 5) is 13.4. The van der Waals surface area contributed by atoms with E-state index in [1.54, 1.807) is 48.8 Å². The van der Waals surface area contributed by atoms with E-state index in [0.29, 0.717) is 40.4 Å². The lowest BCUT2D eigenvalue weighted by molar-refractivity contribution is 0.410. The van der Waals surface area contributed by atoms with Crippen molar-refractivity contribution in [3.63, 3.8) is 0 Å². The molecule has 0 spiro atoms. The number of nitrogens with one attached hydrogen (secondary N) is 1. The van der Waals surface area contributed by atoms with Crippen LogP contribution in [0.2, 0.25) is 5.02 Å². The second-order valence-corrected chi connectivity index (χ2v) is 11.1. The Kier molecular flexibility index (Phi) is 7.57. The number of aromatic nitrogens is 3. The Balaban J connectivity index is 1.36. The van der Waals surface area contributed by atoms with E-state index in [1.807, 2.05) is 18.2 Å². The van der Waals surface area contributed by atoms with Crippen LogP contribution in [0.25, 0.3) is 22.4 Å². The highest BCUT2D eigenvalue weighted by molar-refractivity contribution is 7.89. The van der Waals surface area contributed by atoms with Gasteiger partial charge >= 0.3 is 0 Å². The number of pyridine rings is 1. The number of hydrogen-bond acceptors (Lipinski definition) is 8. The van der Waals surface area contributed by atoms with Gasteiger partial charge in [0, 0.05) is 30.0 Å². The lowest BCUT2D eigenvalue weighted by Gasteiger charge is -2.26. The average molecular weight is 551 g/mol. The summed E-state index contributed by atoms with van der Waals surface area (Å²) in [6.07, 6.45) is 7.32. The van der Waals surface area contributed by atoms with E-state index >= 15 is 0 Å². The minimum absolute atomic E-state index is 0.0694. The molecule has 196 valence electrons. The van der Waals surface area contributed by atoms with Crippen LogP contribution in [0.15, 0.2) is 78.0 Å². The van der Waals surface area contributed by atoms with Gasteiger partial charge in [-0.25, -0.2) is 28.5 Å². The Morgan fingerprint density at radius 2 is 1.63 bits per heavy atom. The minimum Gasteiger partial charge on any atom is -0.438 e. The van der Waals surface area contributed by atoms with Gasteiger partial charge in [0.2, 0.25) is 21.9 Å². The molecule has 5 N–H and O–H groups in total. The minimum atomic E-state index is -3.94. The van der Waals surface area contributed by atoms with E-state index in [-0.39, 0.29) is 16.0 Å². The smallest absolute Gasteiger partial charge is 0.239 e. The van der Waals surface area contributed by atoms with Gasteiger partial charge in [-0.05, 0) is 67.6 Å². The van der Waals surface area contributed by atoms with Gasteiger partial charge < -0.3 is 15.8 Å². The van der Waals surface area contributed by atoms with Crippen molar-refractivity contribution in [1.82, 2.24) is 15.0 Å². The van der Waals surface area contributed by atoms with Crippen LogP contribution < -0.4 is 20.9 Å². The molecule has 0 aliphatic heterocycles. The summed E-state index contributed by atoms with van der Waals surface area (Å²) in [5.74, 6) is 1.49. The zero-order valence-electron chi connectivity index (χ0n) is 20.4. The molecule has 0 radical (unpaired) electrons. The molecule has 1 aliphatic carbocycles. The van der Waals surface area contributed by atoms with Gasteiger partial charge in [0.05, 0.1) is 16.3 Å². The monoisotopic (exact) mass is 550 g/mol. The molecule has 0 amide bonds. The first-order chi connectivity index (χ1) is 18.3. The van der Waals surface area contributed by atoms with E-state index in [2.05, 4.69) is 15.3 Å². The fraction of sp³-hybridized carbons (Fsp3) is 0.222. The first kappa shape index (κ1) is 26.1. The molecule has 0 unspecified atom stereocenters. The van der Waals surface area contributed by atoms with Crippen molar-refractivity contribution in [1.29, 1.82) is 0 Å². The maximum atomic E-state index is 11.8. The number of nitrogens with two attached hydrogens (primary N) is 2. The third kappa shape index (κ3) is 5.94. The quantitative estimate of drug-likeness (QED) is 0.292. The average Bonchev–Trinajstić information content (AvgIpc) is 2.91. The second-order valence-electron chi connectivity index (χ2n) is 9.17. The van der Waals surface area contributed by atoms with Crippen LogP contribution in [0.1, 0.15) is 25.7 Å². The largest absolute Gasteiger partial charge is 0.438 e. The van der Waals surface area contributed by atoms with E-state index in [1.165, 1.54) is 6.07 Å². The summed E-state index contributed by atoms with van der Waals surface area (Å²) < 4.78 is 29.8. The van der Waals surface area contributed by atoms with Crippen LogP contribution >= 0.6 is 11.6 Å². The molecule has 1 fully saturated rings. The Labute approximate surface area is 226 Å². The molecule has 0 atom stereocenters. The van der Waals surface area contributed by atoms with Crippen LogP contribution in [0.4, 0.5) is 5.95 Å². The summed E-state index contributed by atoms with van der Waals surface area (Å²) in [6.45, 7) is 0. The van der Waals surface area contributed by atoms with E-state index < -0.39 is 10.0 Å². The summed E-state index contributed by atoms with van der Waals surface area (Å²) in [5.41, 5.74) is 8.68. The SMILES string of the molecule is NC1CCC(Nc2nccc(-c3cccnc3Oc3ccc(-c4cccc(S(N)(=O)=O)c4Cl)cc3)n2)CC1. The highest BCUT2D eigenvalue weighted by atomic mass is 35.5. The Hall–Kier alpha value is -3.57. The van der Waals surface area contributed by atoms with Crippen molar-refractivity contribution in [2.75, 3.05) is 5.32 Å². The number of sulfonamides is 1. The molecule has 2 aromatic heterocycles. The van der Waals surface area contributed by atoms with E-state index in [4.69, 9.17) is 32.2 Å². The Morgan fingerprint density at radius 3 is 2.37 bits per heavy atom. The molecular formula is C27H27ClN6O3S. The summed E-state index contributed by atoms with van der Waals surface area (Å²) >= 11 is 6.34. The van der Waals surface area contributed by atoms with Gasteiger partial charge in [-0.2, -0.15) is 0 Å². The molecule has 4 aromatic rings. The molecule has 0 bridgehead atoms. The van der Waals surface area contributed by atoms with E-state index in [9.17, 15) is 8.42 Å². The number of anilines is 1. The zero-order valence-corrected chi connectivity index (χ0v) is 22.0. The molecule has 2 aromatic carbocycles. The highest BCUT2D eigenvalue weighted by Crippen LogP contribution is 2.35. The van der Waals surface area contributed by atoms with Gasteiger partial charge in [-0.1, -0.05) is 35.9 Å². The normalized spacial score (nSPS) is 17.7. The van der Waals surface area contributed by atoms with Gasteiger partial charge in [0.15, 0.2) is 0 Å². The number of hydrogen-bond donors (Lipinski definition) is 3. The van der Waals surface area contributed by atoms with Gasteiger partial charge in [0.1, 0.15) is 10.6 Å². The van der Waals surface area contributed by atoms with Crippen LogP contribution in [0.3, 0.4) is 0 Å². The fourth-order valence-electron chi connectivity index (χ4n) is 4.46. The predicted molar refractivity (Wildman–Crippen MR) is 147 cm³/mol. The standard InChI is InChI=1S/C27H27ClN6O3S/c28-25-21(3-1-5-24(25)38(30,35)36)17-6-12-20(13-7-17)37-26-22(4-2-15-31-26)23-14-16-32-27(34-23)33-19-10-8-18(29)9-11-19/h1-7,12-16,18-19H,8-11,29H2,(H2,30,35,36)(H,32,33,34).